The number of H-pyrrole nitrogens is 1. The normalized spacial score (nSPS) is 16.4. The third kappa shape index (κ3) is 4.39. The Hall–Kier alpha value is -3.17. The van der Waals surface area contributed by atoms with E-state index >= 15 is 0 Å². The first-order valence-electron chi connectivity index (χ1n) is 10.8. The predicted octanol–water partition coefficient (Wildman–Crippen LogP) is 3.91. The molecule has 5 rings (SSSR count). The van der Waals surface area contributed by atoms with Gasteiger partial charge in [-0.15, -0.1) is 11.3 Å². The number of aromatic amines is 1. The predicted molar refractivity (Wildman–Crippen MR) is 124 cm³/mol. The highest BCUT2D eigenvalue weighted by Crippen LogP contribution is 2.31. The Balaban J connectivity index is 1.29. The smallest absolute Gasteiger partial charge is 0.321 e. The number of aromatic nitrogens is 2. The summed E-state index contributed by atoms with van der Waals surface area (Å²) in [7, 11) is 0. The highest BCUT2D eigenvalue weighted by molar-refractivity contribution is 7.13. The van der Waals surface area contributed by atoms with Gasteiger partial charge >= 0.3 is 6.03 Å². The number of anilines is 1. The van der Waals surface area contributed by atoms with Crippen LogP contribution in [0.4, 0.5) is 10.5 Å². The van der Waals surface area contributed by atoms with E-state index in [0.717, 1.165) is 53.4 Å². The molecule has 3 aromatic rings. The molecular weight excluding hydrogens is 426 g/mol. The molecule has 166 valence electrons. The highest BCUT2D eigenvalue weighted by Gasteiger charge is 2.21. The molecule has 8 nitrogen and oxygen atoms in total. The van der Waals surface area contributed by atoms with Crippen LogP contribution in [-0.2, 0) is 4.74 Å². The van der Waals surface area contributed by atoms with Gasteiger partial charge in [0.2, 0.25) is 0 Å². The third-order valence-corrected chi connectivity index (χ3v) is 6.66. The van der Waals surface area contributed by atoms with Gasteiger partial charge in [-0.05, 0) is 31.0 Å². The van der Waals surface area contributed by atoms with Crippen molar-refractivity contribution in [3.8, 4) is 21.8 Å². The minimum Gasteiger partial charge on any atom is -0.378 e. The molecule has 0 aliphatic carbocycles. The number of morpholine rings is 1. The molecule has 0 bridgehead atoms. The second-order valence-corrected chi connectivity index (χ2v) is 8.81. The lowest BCUT2D eigenvalue weighted by Crippen LogP contribution is -2.43. The van der Waals surface area contributed by atoms with Crippen LogP contribution in [0.2, 0.25) is 0 Å². The number of ether oxygens (including phenoxy) is 1. The first-order valence-corrected chi connectivity index (χ1v) is 11.7. The Kier molecular flexibility index (Phi) is 5.91. The first kappa shape index (κ1) is 20.7. The number of hydrogen-bond donors (Lipinski definition) is 2. The summed E-state index contributed by atoms with van der Waals surface area (Å²) in [5.74, 6) is 0.0490. The number of carbonyl (C=O) groups excluding carboxylic acids is 2. The summed E-state index contributed by atoms with van der Waals surface area (Å²) in [4.78, 5) is 36.6. The number of benzene rings is 1. The van der Waals surface area contributed by atoms with Gasteiger partial charge in [0.25, 0.3) is 5.91 Å². The molecule has 2 aliphatic heterocycles. The molecule has 2 aliphatic rings. The molecule has 0 atom stereocenters. The van der Waals surface area contributed by atoms with Gasteiger partial charge in [-0.2, -0.15) is 0 Å². The molecule has 0 saturated carbocycles. The van der Waals surface area contributed by atoms with E-state index in [1.807, 2.05) is 46.8 Å². The Labute approximate surface area is 190 Å². The van der Waals surface area contributed by atoms with Crippen molar-refractivity contribution >= 4 is 29.0 Å². The van der Waals surface area contributed by atoms with Crippen LogP contribution in [0.3, 0.4) is 0 Å². The van der Waals surface area contributed by atoms with Gasteiger partial charge in [-0.1, -0.05) is 12.1 Å². The van der Waals surface area contributed by atoms with Gasteiger partial charge in [0.05, 0.1) is 18.9 Å². The lowest BCUT2D eigenvalue weighted by molar-refractivity contribution is 0.0564. The molecule has 2 aromatic heterocycles. The van der Waals surface area contributed by atoms with Crippen LogP contribution in [0.1, 0.15) is 23.3 Å². The van der Waals surface area contributed by atoms with Crippen molar-refractivity contribution in [2.75, 3.05) is 44.7 Å². The summed E-state index contributed by atoms with van der Waals surface area (Å²) in [5, 5.41) is 5.81. The Bertz CT molecular complexity index is 1110. The fourth-order valence-electron chi connectivity index (χ4n) is 3.99. The lowest BCUT2D eigenvalue weighted by atomic mass is 10.2. The fourth-order valence-corrected chi connectivity index (χ4v) is 4.82. The van der Waals surface area contributed by atoms with E-state index < -0.39 is 0 Å². The topological polar surface area (TPSA) is 90.6 Å². The Morgan fingerprint density at radius 3 is 2.66 bits per heavy atom. The number of likely N-dealkylation sites (tertiary alicyclic amines) is 1. The minimum atomic E-state index is -0.118. The van der Waals surface area contributed by atoms with Crippen LogP contribution in [0.5, 0.6) is 0 Å². The third-order valence-electron chi connectivity index (χ3n) is 5.77. The summed E-state index contributed by atoms with van der Waals surface area (Å²) in [6, 6.07) is 9.45. The van der Waals surface area contributed by atoms with Crippen LogP contribution >= 0.6 is 11.3 Å². The van der Waals surface area contributed by atoms with Crippen LogP contribution in [0, 0.1) is 0 Å². The molecule has 2 saturated heterocycles. The Morgan fingerprint density at radius 1 is 1.03 bits per heavy atom. The number of urea groups is 1. The number of rotatable bonds is 4. The van der Waals surface area contributed by atoms with Crippen molar-refractivity contribution in [2.24, 2.45) is 0 Å². The number of carbonyl (C=O) groups is 2. The molecule has 2 N–H and O–H groups in total. The standard InChI is InChI=1S/C23H25N5O3S/c29-22(27-6-1-2-7-27)19-13-17(14-24-19)20-15-32-21(26-20)16-4-3-5-18(12-16)25-23(30)28-8-10-31-11-9-28/h3-5,12-15,24H,1-2,6-11H2,(H,25,30). The molecule has 3 amide bonds. The van der Waals surface area contributed by atoms with Crippen LogP contribution in [0.15, 0.2) is 41.9 Å². The number of thiazole rings is 1. The quantitative estimate of drug-likeness (QED) is 0.629. The monoisotopic (exact) mass is 451 g/mol. The molecule has 0 unspecified atom stereocenters. The molecule has 1 aromatic carbocycles. The minimum absolute atomic E-state index is 0.0490. The SMILES string of the molecule is O=C(Nc1cccc(-c2nc(-c3c[nH]c(C(=O)N4CCCC4)c3)cs2)c1)N1CCOCC1. The van der Waals surface area contributed by atoms with Crippen LogP contribution in [-0.4, -0.2) is 71.1 Å². The zero-order chi connectivity index (χ0) is 21.9. The van der Waals surface area contributed by atoms with E-state index in [2.05, 4.69) is 10.3 Å². The van der Waals surface area contributed by atoms with Crippen molar-refractivity contribution in [3.63, 3.8) is 0 Å². The molecule has 32 heavy (non-hydrogen) atoms. The van der Waals surface area contributed by atoms with Crippen molar-refractivity contribution in [1.82, 2.24) is 19.8 Å². The van der Waals surface area contributed by atoms with E-state index in [-0.39, 0.29) is 11.9 Å². The fraction of sp³-hybridized carbons (Fsp3) is 0.348. The van der Waals surface area contributed by atoms with Gasteiger partial charge in [-0.25, -0.2) is 9.78 Å². The Morgan fingerprint density at radius 2 is 1.84 bits per heavy atom. The van der Waals surface area contributed by atoms with Gasteiger partial charge < -0.3 is 24.8 Å². The van der Waals surface area contributed by atoms with E-state index in [1.165, 1.54) is 11.3 Å². The maximum absolute atomic E-state index is 12.6. The van der Waals surface area contributed by atoms with Crippen molar-refractivity contribution < 1.29 is 14.3 Å². The molecule has 9 heteroatoms. The van der Waals surface area contributed by atoms with Crippen molar-refractivity contribution in [2.45, 2.75) is 12.8 Å². The number of nitrogens with zero attached hydrogens (tertiary/aromatic N) is 3. The second kappa shape index (κ2) is 9.13. The summed E-state index contributed by atoms with van der Waals surface area (Å²) < 4.78 is 5.30. The largest absolute Gasteiger partial charge is 0.378 e. The molecule has 0 spiro atoms. The average Bonchev–Trinajstić information content (AvgIpc) is 3.61. The number of nitrogens with one attached hydrogen (secondary N) is 2. The number of amides is 3. The van der Waals surface area contributed by atoms with Gasteiger partial charge in [-0.3, -0.25) is 4.79 Å². The van der Waals surface area contributed by atoms with Crippen molar-refractivity contribution in [1.29, 1.82) is 0 Å². The summed E-state index contributed by atoms with van der Waals surface area (Å²) in [6.45, 7) is 3.99. The molecule has 0 radical (unpaired) electrons. The van der Waals surface area contributed by atoms with Crippen LogP contribution in [0.25, 0.3) is 21.8 Å². The van der Waals surface area contributed by atoms with E-state index in [4.69, 9.17) is 9.72 Å². The average molecular weight is 452 g/mol. The van der Waals surface area contributed by atoms with E-state index in [0.29, 0.717) is 32.0 Å². The number of hydrogen-bond acceptors (Lipinski definition) is 5. The summed E-state index contributed by atoms with van der Waals surface area (Å²) >= 11 is 1.54. The highest BCUT2D eigenvalue weighted by atomic mass is 32.1. The molecule has 2 fully saturated rings. The maximum Gasteiger partial charge on any atom is 0.321 e. The van der Waals surface area contributed by atoms with E-state index in [1.54, 1.807) is 4.90 Å². The zero-order valence-corrected chi connectivity index (χ0v) is 18.5. The summed E-state index contributed by atoms with van der Waals surface area (Å²) in [5.41, 5.74) is 3.99. The molecular formula is C23H25N5O3S. The van der Waals surface area contributed by atoms with Gasteiger partial charge in [0.15, 0.2) is 0 Å². The van der Waals surface area contributed by atoms with Crippen LogP contribution < -0.4 is 5.32 Å². The van der Waals surface area contributed by atoms with Gasteiger partial charge in [0.1, 0.15) is 10.7 Å². The van der Waals surface area contributed by atoms with Gasteiger partial charge in [0, 0.05) is 54.6 Å². The first-order chi connectivity index (χ1) is 15.7. The summed E-state index contributed by atoms with van der Waals surface area (Å²) in [6.07, 6.45) is 3.97. The zero-order valence-electron chi connectivity index (χ0n) is 17.7. The maximum atomic E-state index is 12.6. The van der Waals surface area contributed by atoms with E-state index in [9.17, 15) is 9.59 Å². The van der Waals surface area contributed by atoms with Crippen molar-refractivity contribution in [3.05, 3.63) is 47.6 Å². The molecule has 4 heterocycles. The second-order valence-electron chi connectivity index (χ2n) is 7.95. The lowest BCUT2D eigenvalue weighted by Gasteiger charge is -2.26.